The number of carbonyl (C=O) groups excluding carboxylic acids is 1. The Labute approximate surface area is 239 Å². The third-order valence-electron chi connectivity index (χ3n) is 8.00. The average molecular weight is 565 g/mol. The number of halogens is 2. The maximum atomic E-state index is 15.3. The van der Waals surface area contributed by atoms with E-state index in [0.29, 0.717) is 52.7 Å². The van der Waals surface area contributed by atoms with Gasteiger partial charge in [0.1, 0.15) is 16.7 Å². The topological polar surface area (TPSA) is 84.9 Å². The number of hydrogen-bond acceptors (Lipinski definition) is 5. The van der Waals surface area contributed by atoms with Gasteiger partial charge in [-0.25, -0.2) is 13.9 Å². The van der Waals surface area contributed by atoms with E-state index in [0.717, 1.165) is 11.4 Å². The Morgan fingerprint density at radius 1 is 1.18 bits per heavy atom. The van der Waals surface area contributed by atoms with Crippen LogP contribution in [0.3, 0.4) is 0 Å². The zero-order chi connectivity index (χ0) is 29.0. The summed E-state index contributed by atoms with van der Waals surface area (Å²) >= 11 is 6.29. The van der Waals surface area contributed by atoms with Crippen LogP contribution in [0.25, 0.3) is 16.9 Å². The van der Waals surface area contributed by atoms with Gasteiger partial charge in [0.05, 0.1) is 22.9 Å². The van der Waals surface area contributed by atoms with E-state index in [1.165, 1.54) is 13.5 Å². The van der Waals surface area contributed by atoms with E-state index in [-0.39, 0.29) is 11.9 Å². The fourth-order valence-electron chi connectivity index (χ4n) is 4.75. The lowest BCUT2D eigenvalue weighted by molar-refractivity contribution is -0.0893. The van der Waals surface area contributed by atoms with Gasteiger partial charge in [-0.05, 0) is 65.3 Å². The molecule has 1 amide bonds. The second kappa shape index (κ2) is 10.3. The third kappa shape index (κ3) is 5.04. The Hall–Kier alpha value is -3.21. The van der Waals surface area contributed by atoms with Crippen LogP contribution in [0.1, 0.15) is 69.5 Å². The zero-order valence-corrected chi connectivity index (χ0v) is 24.3. The molecule has 1 aliphatic heterocycles. The van der Waals surface area contributed by atoms with E-state index in [4.69, 9.17) is 16.3 Å². The first-order valence-electron chi connectivity index (χ1n) is 13.4. The molecule has 40 heavy (non-hydrogen) atoms. The van der Waals surface area contributed by atoms with Crippen LogP contribution >= 0.6 is 11.6 Å². The quantitative estimate of drug-likeness (QED) is 0.332. The smallest absolute Gasteiger partial charge is 0.331 e. The lowest BCUT2D eigenvalue weighted by atomic mass is 9.82. The molecule has 209 valence electrons. The van der Waals surface area contributed by atoms with Gasteiger partial charge >= 0.3 is 7.48 Å². The molecule has 1 aliphatic rings. The van der Waals surface area contributed by atoms with Gasteiger partial charge in [-0.3, -0.25) is 4.79 Å². The molecular formula is C29H33BClFN5O3. The second-order valence-electron chi connectivity index (χ2n) is 11.2. The molecule has 0 bridgehead atoms. The van der Waals surface area contributed by atoms with Crippen molar-refractivity contribution in [3.8, 4) is 11.3 Å². The standard InChI is InChI=1S/C29H33BClFN5O3/c1-7-19-15-23(27(38)35-12-13-36-24(17(35)2)10-11-25(36)31)33-26-16-22(34-37(19)26)20-9-8-18(14-21(20)32)30-40-29(5,6)28(3,4)39/h8-11,14-17,39H,7,12-13H2,1-6H3. The molecule has 4 heterocycles. The number of nitrogens with zero attached hydrogens (tertiary/aromatic N) is 5. The summed E-state index contributed by atoms with van der Waals surface area (Å²) < 4.78 is 24.7. The Morgan fingerprint density at radius 2 is 1.93 bits per heavy atom. The van der Waals surface area contributed by atoms with E-state index >= 15 is 4.39 Å². The van der Waals surface area contributed by atoms with Crippen LogP contribution < -0.4 is 5.46 Å². The molecule has 0 saturated carbocycles. The van der Waals surface area contributed by atoms with Crippen LogP contribution in [0.15, 0.2) is 42.5 Å². The molecule has 3 aromatic heterocycles. The van der Waals surface area contributed by atoms with E-state index in [1.54, 1.807) is 61.4 Å². The summed E-state index contributed by atoms with van der Waals surface area (Å²) in [5.74, 6) is -0.643. The van der Waals surface area contributed by atoms with E-state index in [1.807, 2.05) is 30.5 Å². The van der Waals surface area contributed by atoms with Crippen molar-refractivity contribution in [2.24, 2.45) is 0 Å². The molecule has 0 saturated heterocycles. The summed E-state index contributed by atoms with van der Waals surface area (Å²) in [4.78, 5) is 20.0. The summed E-state index contributed by atoms with van der Waals surface area (Å²) in [7, 11) is 1.44. The molecule has 1 radical (unpaired) electrons. The van der Waals surface area contributed by atoms with Crippen LogP contribution in [-0.4, -0.2) is 60.3 Å². The number of amides is 1. The first-order chi connectivity index (χ1) is 18.8. The number of aromatic nitrogens is 4. The molecule has 1 unspecified atom stereocenters. The van der Waals surface area contributed by atoms with Gasteiger partial charge < -0.3 is 19.2 Å². The van der Waals surface area contributed by atoms with Crippen LogP contribution in [0.5, 0.6) is 0 Å². The van der Waals surface area contributed by atoms with Crippen molar-refractivity contribution in [2.75, 3.05) is 6.54 Å². The summed E-state index contributed by atoms with van der Waals surface area (Å²) in [5.41, 5.74) is 1.85. The lowest BCUT2D eigenvalue weighted by Crippen LogP contribution is -2.49. The predicted molar refractivity (Wildman–Crippen MR) is 154 cm³/mol. The van der Waals surface area contributed by atoms with Gasteiger partial charge in [0, 0.05) is 36.1 Å². The molecule has 1 atom stereocenters. The normalized spacial score (nSPS) is 15.9. The van der Waals surface area contributed by atoms with E-state index < -0.39 is 17.0 Å². The average Bonchev–Trinajstić information content (AvgIpc) is 3.50. The minimum absolute atomic E-state index is 0.153. The number of carbonyl (C=O) groups is 1. The predicted octanol–water partition coefficient (Wildman–Crippen LogP) is 4.58. The molecule has 1 N–H and O–H groups in total. The summed E-state index contributed by atoms with van der Waals surface area (Å²) in [6.07, 6.45) is 0.610. The van der Waals surface area contributed by atoms with Crippen molar-refractivity contribution in [2.45, 2.75) is 71.8 Å². The van der Waals surface area contributed by atoms with Crippen molar-refractivity contribution in [3.05, 3.63) is 70.5 Å². The highest BCUT2D eigenvalue weighted by molar-refractivity contribution is 6.47. The Balaban J connectivity index is 1.42. The largest absolute Gasteiger partial charge is 0.427 e. The first kappa shape index (κ1) is 28.3. The molecule has 5 rings (SSSR count). The van der Waals surface area contributed by atoms with Crippen LogP contribution in [0, 0.1) is 5.82 Å². The number of hydrogen-bond donors (Lipinski definition) is 1. The SMILES string of the molecule is CCc1cc(C(=O)N2CCn3c(Cl)ccc3C2C)nc2cc(-c3ccc([B]OC(C)(C)C(C)(C)O)cc3F)nn12. The molecule has 11 heteroatoms. The Kier molecular flexibility index (Phi) is 7.31. The maximum Gasteiger partial charge on any atom is 0.331 e. The fourth-order valence-corrected chi connectivity index (χ4v) is 4.99. The number of fused-ring (bicyclic) bond motifs is 2. The molecule has 0 spiro atoms. The van der Waals surface area contributed by atoms with Crippen molar-refractivity contribution in [1.82, 2.24) is 24.1 Å². The molecule has 0 fully saturated rings. The molecule has 1 aromatic carbocycles. The summed E-state index contributed by atoms with van der Waals surface area (Å²) in [6, 6.07) is 11.8. The zero-order valence-electron chi connectivity index (χ0n) is 23.6. The molecular weight excluding hydrogens is 532 g/mol. The van der Waals surface area contributed by atoms with Gasteiger partial charge in [0.2, 0.25) is 0 Å². The number of rotatable bonds is 7. The third-order valence-corrected chi connectivity index (χ3v) is 8.33. The van der Waals surface area contributed by atoms with Crippen molar-refractivity contribution >= 4 is 36.1 Å². The molecule has 4 aromatic rings. The Bertz CT molecular complexity index is 1590. The highest BCUT2D eigenvalue weighted by atomic mass is 35.5. The van der Waals surface area contributed by atoms with E-state index in [9.17, 15) is 9.90 Å². The summed E-state index contributed by atoms with van der Waals surface area (Å²) in [5, 5.41) is 15.6. The lowest BCUT2D eigenvalue weighted by Gasteiger charge is -2.37. The van der Waals surface area contributed by atoms with Crippen LogP contribution in [-0.2, 0) is 17.6 Å². The highest BCUT2D eigenvalue weighted by Crippen LogP contribution is 2.31. The molecule has 8 nitrogen and oxygen atoms in total. The fraction of sp³-hybridized carbons (Fsp3) is 0.414. The van der Waals surface area contributed by atoms with Crippen LogP contribution in [0.4, 0.5) is 4.39 Å². The first-order valence-corrected chi connectivity index (χ1v) is 13.8. The van der Waals surface area contributed by atoms with Gasteiger partial charge in [-0.1, -0.05) is 36.1 Å². The maximum absolute atomic E-state index is 15.3. The minimum atomic E-state index is -1.09. The second-order valence-corrected chi connectivity index (χ2v) is 11.6. The number of benzene rings is 1. The minimum Gasteiger partial charge on any atom is -0.427 e. The van der Waals surface area contributed by atoms with Gasteiger partial charge in [0.15, 0.2) is 5.65 Å². The summed E-state index contributed by atoms with van der Waals surface area (Å²) in [6.45, 7) is 11.9. The van der Waals surface area contributed by atoms with Crippen LogP contribution in [0.2, 0.25) is 5.15 Å². The van der Waals surface area contributed by atoms with Gasteiger partial charge in [-0.2, -0.15) is 5.10 Å². The van der Waals surface area contributed by atoms with Gasteiger partial charge in [0.25, 0.3) is 5.91 Å². The molecule has 0 aliphatic carbocycles. The number of aliphatic hydroxyl groups is 1. The highest BCUT2D eigenvalue weighted by Gasteiger charge is 2.36. The van der Waals surface area contributed by atoms with Crippen molar-refractivity contribution < 1.29 is 18.9 Å². The van der Waals surface area contributed by atoms with Gasteiger partial charge in [-0.15, -0.1) is 0 Å². The van der Waals surface area contributed by atoms with Crippen molar-refractivity contribution in [3.63, 3.8) is 0 Å². The number of aryl methyl sites for hydroxylation is 1. The monoisotopic (exact) mass is 564 g/mol. The Morgan fingerprint density at radius 3 is 2.60 bits per heavy atom. The van der Waals surface area contributed by atoms with Crippen molar-refractivity contribution in [1.29, 1.82) is 0 Å². The van der Waals surface area contributed by atoms with E-state index in [2.05, 4.69) is 10.1 Å².